The zero-order valence-electron chi connectivity index (χ0n) is 14.3. The second kappa shape index (κ2) is 5.00. The van der Waals surface area contributed by atoms with Gasteiger partial charge in [-0.1, -0.05) is 50.2 Å². The highest BCUT2D eigenvalue weighted by molar-refractivity contribution is 5.85. The Morgan fingerprint density at radius 3 is 2.56 bits per heavy atom. The molecule has 2 nitrogen and oxygen atoms in total. The molecule has 0 N–H and O–H groups in total. The smallest absolute Gasteiger partial charge is 0.0740 e. The molecule has 1 aliphatic rings. The van der Waals surface area contributed by atoms with E-state index in [9.17, 15) is 0 Å². The van der Waals surface area contributed by atoms with Crippen molar-refractivity contribution in [2.24, 2.45) is 0 Å². The third-order valence-electron chi connectivity index (χ3n) is 5.37. The van der Waals surface area contributed by atoms with Gasteiger partial charge in [-0.2, -0.15) is 0 Å². The van der Waals surface area contributed by atoms with Crippen LogP contribution in [0.1, 0.15) is 25.0 Å². The molecule has 4 aromatic rings. The third kappa shape index (κ3) is 2.04. The van der Waals surface area contributed by atoms with E-state index in [1.807, 2.05) is 12.3 Å². The zero-order chi connectivity index (χ0) is 17.0. The maximum Gasteiger partial charge on any atom is 0.0740 e. The molecule has 0 fully saturated rings. The van der Waals surface area contributed by atoms with Crippen LogP contribution in [0.5, 0.6) is 0 Å². The SMILES string of the molecule is CC1(C)c2ccccc2-c2ccc(-c3ccc4cnccc4n3)cc21. The van der Waals surface area contributed by atoms with E-state index in [1.54, 1.807) is 6.20 Å². The Balaban J connectivity index is 1.69. The van der Waals surface area contributed by atoms with Crippen LogP contribution in [0.25, 0.3) is 33.3 Å². The van der Waals surface area contributed by atoms with E-state index in [2.05, 4.69) is 73.4 Å². The lowest BCUT2D eigenvalue weighted by atomic mass is 9.82. The average Bonchev–Trinajstić information content (AvgIpc) is 2.89. The molecule has 5 rings (SSSR count). The Hall–Kier alpha value is -3.00. The predicted molar refractivity (Wildman–Crippen MR) is 103 cm³/mol. The number of hydrogen-bond donors (Lipinski definition) is 0. The Morgan fingerprint density at radius 1 is 0.800 bits per heavy atom. The third-order valence-corrected chi connectivity index (χ3v) is 5.37. The van der Waals surface area contributed by atoms with Crippen molar-refractivity contribution in [3.8, 4) is 22.4 Å². The molecule has 0 spiro atoms. The van der Waals surface area contributed by atoms with Crippen molar-refractivity contribution in [2.45, 2.75) is 19.3 Å². The summed E-state index contributed by atoms with van der Waals surface area (Å²) in [6.07, 6.45) is 3.65. The van der Waals surface area contributed by atoms with Gasteiger partial charge in [-0.25, -0.2) is 4.98 Å². The van der Waals surface area contributed by atoms with Crippen LogP contribution < -0.4 is 0 Å². The molecule has 0 unspecified atom stereocenters. The van der Waals surface area contributed by atoms with Crippen molar-refractivity contribution in [3.63, 3.8) is 0 Å². The van der Waals surface area contributed by atoms with Gasteiger partial charge in [-0.15, -0.1) is 0 Å². The van der Waals surface area contributed by atoms with Gasteiger partial charge in [0.25, 0.3) is 0 Å². The Morgan fingerprint density at radius 2 is 1.64 bits per heavy atom. The number of nitrogens with zero attached hydrogens (tertiary/aromatic N) is 2. The quantitative estimate of drug-likeness (QED) is 0.455. The number of aromatic nitrogens is 2. The van der Waals surface area contributed by atoms with E-state index in [0.717, 1.165) is 16.6 Å². The number of hydrogen-bond acceptors (Lipinski definition) is 2. The first-order chi connectivity index (χ1) is 12.1. The zero-order valence-corrected chi connectivity index (χ0v) is 14.3. The fourth-order valence-electron chi connectivity index (χ4n) is 3.99. The van der Waals surface area contributed by atoms with Gasteiger partial charge in [0.1, 0.15) is 0 Å². The molecular weight excluding hydrogens is 304 g/mol. The first-order valence-electron chi connectivity index (χ1n) is 8.60. The topological polar surface area (TPSA) is 25.8 Å². The summed E-state index contributed by atoms with van der Waals surface area (Å²) in [6.45, 7) is 4.61. The summed E-state index contributed by atoms with van der Waals surface area (Å²) in [6, 6.07) is 21.6. The van der Waals surface area contributed by atoms with Gasteiger partial charge in [0.2, 0.25) is 0 Å². The molecule has 0 aliphatic heterocycles. The van der Waals surface area contributed by atoms with Gasteiger partial charge in [0, 0.05) is 28.8 Å². The summed E-state index contributed by atoms with van der Waals surface area (Å²) in [5.74, 6) is 0. The van der Waals surface area contributed by atoms with Crippen molar-refractivity contribution in [1.29, 1.82) is 0 Å². The Labute approximate surface area is 147 Å². The summed E-state index contributed by atoms with van der Waals surface area (Å²) >= 11 is 0. The monoisotopic (exact) mass is 322 g/mol. The van der Waals surface area contributed by atoms with Crippen LogP contribution in [0.2, 0.25) is 0 Å². The molecule has 0 atom stereocenters. The van der Waals surface area contributed by atoms with E-state index in [-0.39, 0.29) is 5.41 Å². The molecule has 25 heavy (non-hydrogen) atoms. The summed E-state index contributed by atoms with van der Waals surface area (Å²) in [7, 11) is 0. The number of rotatable bonds is 1. The normalized spacial score (nSPS) is 14.3. The first-order valence-corrected chi connectivity index (χ1v) is 8.60. The highest BCUT2D eigenvalue weighted by atomic mass is 14.7. The van der Waals surface area contributed by atoms with E-state index in [0.29, 0.717) is 0 Å². The van der Waals surface area contributed by atoms with Crippen molar-refractivity contribution < 1.29 is 0 Å². The molecule has 2 heterocycles. The fourth-order valence-corrected chi connectivity index (χ4v) is 3.99. The average molecular weight is 322 g/mol. The van der Waals surface area contributed by atoms with Crippen LogP contribution in [-0.4, -0.2) is 9.97 Å². The fraction of sp³-hybridized carbons (Fsp3) is 0.130. The molecule has 0 bridgehead atoms. The van der Waals surface area contributed by atoms with Crippen LogP contribution in [0.3, 0.4) is 0 Å². The maximum absolute atomic E-state index is 4.83. The standard InChI is InChI=1S/C23H18N2/c1-23(2)19-6-4-3-5-17(19)18-9-7-15(13-20(18)23)21-10-8-16-14-24-12-11-22(16)25-21/h3-14H,1-2H3. The molecule has 0 saturated carbocycles. The maximum atomic E-state index is 4.83. The van der Waals surface area contributed by atoms with Gasteiger partial charge in [0.15, 0.2) is 0 Å². The van der Waals surface area contributed by atoms with Crippen LogP contribution in [0.15, 0.2) is 73.1 Å². The van der Waals surface area contributed by atoms with E-state index >= 15 is 0 Å². The van der Waals surface area contributed by atoms with Gasteiger partial charge in [0.05, 0.1) is 11.2 Å². The molecule has 0 saturated heterocycles. The van der Waals surface area contributed by atoms with Crippen LogP contribution in [0.4, 0.5) is 0 Å². The first kappa shape index (κ1) is 14.4. The van der Waals surface area contributed by atoms with Gasteiger partial charge in [-0.3, -0.25) is 4.98 Å². The van der Waals surface area contributed by atoms with Crippen LogP contribution in [0, 0.1) is 0 Å². The number of pyridine rings is 2. The highest BCUT2D eigenvalue weighted by Gasteiger charge is 2.35. The molecule has 2 heteroatoms. The van der Waals surface area contributed by atoms with Crippen molar-refractivity contribution in [3.05, 3.63) is 84.2 Å². The van der Waals surface area contributed by atoms with E-state index in [4.69, 9.17) is 4.98 Å². The largest absolute Gasteiger partial charge is 0.264 e. The van der Waals surface area contributed by atoms with Crippen LogP contribution >= 0.6 is 0 Å². The predicted octanol–water partition coefficient (Wildman–Crippen LogP) is 5.60. The molecule has 120 valence electrons. The summed E-state index contributed by atoms with van der Waals surface area (Å²) in [5.41, 5.74) is 8.65. The molecule has 0 radical (unpaired) electrons. The van der Waals surface area contributed by atoms with E-state index in [1.165, 1.54) is 27.8 Å². The second-order valence-electron chi connectivity index (χ2n) is 7.20. The second-order valence-corrected chi connectivity index (χ2v) is 7.20. The lowest BCUT2D eigenvalue weighted by Gasteiger charge is -2.21. The molecule has 2 aromatic heterocycles. The van der Waals surface area contributed by atoms with Crippen molar-refractivity contribution in [1.82, 2.24) is 9.97 Å². The minimum atomic E-state index is 0.0166. The Kier molecular flexibility index (Phi) is 2.87. The summed E-state index contributed by atoms with van der Waals surface area (Å²) in [4.78, 5) is 8.99. The van der Waals surface area contributed by atoms with Gasteiger partial charge >= 0.3 is 0 Å². The lowest BCUT2D eigenvalue weighted by Crippen LogP contribution is -2.14. The van der Waals surface area contributed by atoms with Gasteiger partial charge < -0.3 is 0 Å². The van der Waals surface area contributed by atoms with Crippen molar-refractivity contribution in [2.75, 3.05) is 0 Å². The van der Waals surface area contributed by atoms with Gasteiger partial charge in [-0.05, 0) is 46.5 Å². The molecular formula is C23H18N2. The van der Waals surface area contributed by atoms with Crippen LogP contribution in [-0.2, 0) is 5.41 Å². The summed E-state index contributed by atoms with van der Waals surface area (Å²) in [5, 5.41) is 1.07. The number of benzene rings is 2. The number of fused-ring (bicyclic) bond motifs is 4. The molecule has 2 aromatic carbocycles. The van der Waals surface area contributed by atoms with Crippen molar-refractivity contribution >= 4 is 10.9 Å². The minimum absolute atomic E-state index is 0.0166. The lowest BCUT2D eigenvalue weighted by molar-refractivity contribution is 0.660. The Bertz CT molecular complexity index is 1130. The highest BCUT2D eigenvalue weighted by Crippen LogP contribution is 2.49. The summed E-state index contributed by atoms with van der Waals surface area (Å²) < 4.78 is 0. The molecule has 0 amide bonds. The molecule has 1 aliphatic carbocycles. The van der Waals surface area contributed by atoms with E-state index < -0.39 is 0 Å². The minimum Gasteiger partial charge on any atom is -0.264 e.